The third kappa shape index (κ3) is 10.7. The summed E-state index contributed by atoms with van der Waals surface area (Å²) >= 11 is 23.6. The number of hydrogen-bond donors (Lipinski definition) is 0. The van der Waals surface area contributed by atoms with Gasteiger partial charge in [-0.3, -0.25) is 0 Å². The van der Waals surface area contributed by atoms with Gasteiger partial charge in [0, 0.05) is 11.8 Å². The highest BCUT2D eigenvalue weighted by Crippen LogP contribution is 2.40. The average Bonchev–Trinajstić information content (AvgIpc) is 2.25. The van der Waals surface area contributed by atoms with Gasteiger partial charge in [0.05, 0.1) is 0 Å². The predicted octanol–water partition coefficient (Wildman–Crippen LogP) is 6.74. The van der Waals surface area contributed by atoms with Crippen molar-refractivity contribution in [1.29, 1.82) is 0 Å². The van der Waals surface area contributed by atoms with Gasteiger partial charge in [-0.25, -0.2) is 0 Å². The lowest BCUT2D eigenvalue weighted by Crippen LogP contribution is -2.19. The normalized spacial score (nSPS) is 13.9. The third-order valence-corrected chi connectivity index (χ3v) is 4.25. The minimum absolute atomic E-state index is 0.150. The smallest absolute Gasteiger partial charge is 0.127 e. The Hall–Kier alpha value is 1.16. The monoisotopic (exact) mass is 320 g/mol. The Morgan fingerprint density at radius 1 is 0.824 bits per heavy atom. The molecule has 0 heterocycles. The maximum atomic E-state index is 5.99. The average molecular weight is 322 g/mol. The van der Waals surface area contributed by atoms with E-state index in [-0.39, 0.29) is 5.92 Å². The molecule has 0 aromatic rings. The van der Waals surface area contributed by atoms with Crippen molar-refractivity contribution >= 4 is 46.4 Å². The fourth-order valence-electron chi connectivity index (χ4n) is 1.97. The van der Waals surface area contributed by atoms with E-state index in [1.807, 2.05) is 0 Å². The Morgan fingerprint density at radius 3 is 1.88 bits per heavy atom. The molecule has 0 amide bonds. The summed E-state index contributed by atoms with van der Waals surface area (Å²) in [6.45, 7) is 2.23. The van der Waals surface area contributed by atoms with Crippen LogP contribution in [0.2, 0.25) is 0 Å². The number of hydrogen-bond acceptors (Lipinski definition) is 0. The van der Waals surface area contributed by atoms with Crippen LogP contribution in [-0.2, 0) is 0 Å². The Labute approximate surface area is 126 Å². The summed E-state index contributed by atoms with van der Waals surface area (Å²) in [6.07, 6.45) is 10.5. The molecular weight excluding hydrogens is 298 g/mol. The van der Waals surface area contributed by atoms with Crippen LogP contribution in [0.1, 0.15) is 64.7 Å². The van der Waals surface area contributed by atoms with Gasteiger partial charge in [-0.05, 0) is 19.3 Å². The van der Waals surface area contributed by atoms with Gasteiger partial charge < -0.3 is 0 Å². The minimum atomic E-state index is -1.13. The van der Waals surface area contributed by atoms with Crippen LogP contribution in [-0.4, -0.2) is 9.67 Å². The standard InChI is InChI=1S/C13H24Cl4/c1-2-3-4-5-6-7-9-12(10-8-11-14)13(15,16)17/h12H,2-11H2,1H3. The maximum Gasteiger partial charge on any atom is 0.193 e. The van der Waals surface area contributed by atoms with Crippen LogP contribution >= 0.6 is 46.4 Å². The van der Waals surface area contributed by atoms with E-state index >= 15 is 0 Å². The van der Waals surface area contributed by atoms with Gasteiger partial charge in [0.2, 0.25) is 0 Å². The van der Waals surface area contributed by atoms with Crippen LogP contribution < -0.4 is 0 Å². The fourth-order valence-corrected chi connectivity index (χ4v) is 2.78. The summed E-state index contributed by atoms with van der Waals surface area (Å²) in [7, 11) is 0. The topological polar surface area (TPSA) is 0 Å². The molecule has 1 atom stereocenters. The van der Waals surface area contributed by atoms with E-state index in [2.05, 4.69) is 6.92 Å². The molecule has 1 unspecified atom stereocenters. The van der Waals surface area contributed by atoms with Gasteiger partial charge in [-0.15, -0.1) is 11.6 Å². The molecule has 0 aliphatic heterocycles. The summed E-state index contributed by atoms with van der Waals surface area (Å²) < 4.78 is -1.13. The molecule has 0 nitrogen and oxygen atoms in total. The SMILES string of the molecule is CCCCCCCCC(CCCCl)C(Cl)(Cl)Cl. The summed E-state index contributed by atoms with van der Waals surface area (Å²) in [4.78, 5) is 0. The molecule has 0 bridgehead atoms. The summed E-state index contributed by atoms with van der Waals surface area (Å²) in [5.41, 5.74) is 0. The first-order valence-electron chi connectivity index (χ1n) is 6.65. The van der Waals surface area contributed by atoms with Crippen LogP contribution in [0.25, 0.3) is 0 Å². The predicted molar refractivity (Wildman–Crippen MR) is 81.7 cm³/mol. The molecule has 0 aliphatic carbocycles. The van der Waals surface area contributed by atoms with Crippen LogP contribution in [0.15, 0.2) is 0 Å². The zero-order valence-electron chi connectivity index (χ0n) is 10.7. The first-order chi connectivity index (χ1) is 8.02. The second-order valence-electron chi connectivity index (χ2n) is 4.63. The quantitative estimate of drug-likeness (QED) is 0.308. The van der Waals surface area contributed by atoms with E-state index < -0.39 is 3.79 Å². The molecule has 4 heteroatoms. The van der Waals surface area contributed by atoms with Crippen LogP contribution in [0, 0.1) is 5.92 Å². The van der Waals surface area contributed by atoms with Gasteiger partial charge in [0.15, 0.2) is 3.79 Å². The van der Waals surface area contributed by atoms with Gasteiger partial charge in [-0.1, -0.05) is 80.3 Å². The van der Waals surface area contributed by atoms with Crippen LogP contribution in [0.5, 0.6) is 0 Å². The number of halogens is 4. The third-order valence-electron chi connectivity index (χ3n) is 3.06. The van der Waals surface area contributed by atoms with Crippen molar-refractivity contribution in [3.05, 3.63) is 0 Å². The molecule has 0 fully saturated rings. The van der Waals surface area contributed by atoms with Crippen molar-refractivity contribution in [3.8, 4) is 0 Å². The molecule has 0 spiro atoms. The van der Waals surface area contributed by atoms with E-state index in [1.165, 1.54) is 32.1 Å². The molecule has 0 aromatic heterocycles. The zero-order valence-corrected chi connectivity index (χ0v) is 13.7. The second kappa shape index (κ2) is 11.0. The van der Waals surface area contributed by atoms with Crippen molar-refractivity contribution in [1.82, 2.24) is 0 Å². The Balaban J connectivity index is 3.69. The Kier molecular flexibility index (Phi) is 11.8. The lowest BCUT2D eigenvalue weighted by molar-refractivity contribution is 0.426. The molecule has 0 aromatic carbocycles. The lowest BCUT2D eigenvalue weighted by atomic mass is 9.97. The number of alkyl halides is 4. The zero-order chi connectivity index (χ0) is 13.1. The van der Waals surface area contributed by atoms with Crippen molar-refractivity contribution in [2.45, 2.75) is 68.5 Å². The Bertz CT molecular complexity index is 165. The molecule has 0 aliphatic rings. The first kappa shape index (κ1) is 18.2. The highest BCUT2D eigenvalue weighted by molar-refractivity contribution is 6.67. The lowest BCUT2D eigenvalue weighted by Gasteiger charge is -2.24. The van der Waals surface area contributed by atoms with Crippen molar-refractivity contribution in [2.24, 2.45) is 5.92 Å². The second-order valence-corrected chi connectivity index (χ2v) is 7.37. The van der Waals surface area contributed by atoms with E-state index in [9.17, 15) is 0 Å². The Morgan fingerprint density at radius 2 is 1.35 bits per heavy atom. The molecule has 0 saturated heterocycles. The highest BCUT2D eigenvalue weighted by atomic mass is 35.6. The molecule has 0 saturated carbocycles. The first-order valence-corrected chi connectivity index (χ1v) is 8.31. The molecule has 0 rings (SSSR count). The molecule has 17 heavy (non-hydrogen) atoms. The van der Waals surface area contributed by atoms with Gasteiger partial charge in [0.1, 0.15) is 0 Å². The van der Waals surface area contributed by atoms with Gasteiger partial charge in [-0.2, -0.15) is 0 Å². The fraction of sp³-hybridized carbons (Fsp3) is 1.00. The summed E-state index contributed by atoms with van der Waals surface area (Å²) in [6, 6.07) is 0. The van der Waals surface area contributed by atoms with E-state index in [4.69, 9.17) is 46.4 Å². The molecule has 104 valence electrons. The summed E-state index contributed by atoms with van der Waals surface area (Å²) in [5, 5.41) is 0. The van der Waals surface area contributed by atoms with E-state index in [1.54, 1.807) is 0 Å². The van der Waals surface area contributed by atoms with Crippen LogP contribution in [0.4, 0.5) is 0 Å². The minimum Gasteiger partial charge on any atom is -0.127 e. The highest BCUT2D eigenvalue weighted by Gasteiger charge is 2.31. The molecule has 0 radical (unpaired) electrons. The largest absolute Gasteiger partial charge is 0.193 e. The van der Waals surface area contributed by atoms with Crippen molar-refractivity contribution in [2.75, 3.05) is 5.88 Å². The molecule has 0 N–H and O–H groups in total. The van der Waals surface area contributed by atoms with Crippen molar-refractivity contribution < 1.29 is 0 Å². The van der Waals surface area contributed by atoms with Crippen molar-refractivity contribution in [3.63, 3.8) is 0 Å². The van der Waals surface area contributed by atoms with E-state index in [0.29, 0.717) is 5.88 Å². The van der Waals surface area contributed by atoms with Crippen LogP contribution in [0.3, 0.4) is 0 Å². The van der Waals surface area contributed by atoms with E-state index in [0.717, 1.165) is 25.7 Å². The van der Waals surface area contributed by atoms with Gasteiger partial charge in [0.25, 0.3) is 0 Å². The number of rotatable bonds is 10. The maximum absolute atomic E-state index is 5.99. The molecular formula is C13H24Cl4. The van der Waals surface area contributed by atoms with Gasteiger partial charge >= 0.3 is 0 Å². The number of unbranched alkanes of at least 4 members (excludes halogenated alkanes) is 5. The summed E-state index contributed by atoms with van der Waals surface area (Å²) in [5.74, 6) is 0.797.